The third-order valence-corrected chi connectivity index (χ3v) is 6.25. The molecule has 16 heteroatoms. The summed E-state index contributed by atoms with van der Waals surface area (Å²) in [6.45, 7) is 0. The van der Waals surface area contributed by atoms with Crippen LogP contribution in [-0.2, 0) is 39.9 Å². The number of carbonyl (C=O) groups excluding carboxylic acids is 2. The first kappa shape index (κ1) is 23.6. The Labute approximate surface area is 170 Å². The van der Waals surface area contributed by atoms with Crippen LogP contribution in [0.3, 0.4) is 0 Å². The van der Waals surface area contributed by atoms with E-state index in [-0.39, 0.29) is 0 Å². The maximum Gasteiger partial charge on any atom is 0.295 e. The van der Waals surface area contributed by atoms with Crippen LogP contribution in [0.1, 0.15) is 12.8 Å². The van der Waals surface area contributed by atoms with Gasteiger partial charge in [0.25, 0.3) is 30.4 Å². The largest absolute Gasteiger partial charge is 0.370 e. The van der Waals surface area contributed by atoms with Crippen molar-refractivity contribution in [3.63, 3.8) is 0 Å². The van der Waals surface area contributed by atoms with Crippen molar-refractivity contribution in [3.05, 3.63) is 24.3 Å². The fourth-order valence-corrected chi connectivity index (χ4v) is 4.39. The molecule has 0 aliphatic heterocycles. The predicted octanol–water partition coefficient (Wildman–Crippen LogP) is -0.216. The van der Waals surface area contributed by atoms with Crippen LogP contribution < -0.4 is 11.1 Å². The van der Waals surface area contributed by atoms with Gasteiger partial charge in [-0.05, 0) is 29.7 Å². The summed E-state index contributed by atoms with van der Waals surface area (Å²) in [4.78, 5) is 19.9. The van der Waals surface area contributed by atoms with Crippen molar-refractivity contribution in [2.75, 3.05) is 5.32 Å². The van der Waals surface area contributed by atoms with Crippen LogP contribution in [0, 0.1) is 0 Å². The lowest BCUT2D eigenvalue weighted by Gasteiger charge is -2.14. The molecule has 6 N–H and O–H groups in total. The van der Waals surface area contributed by atoms with E-state index >= 15 is 0 Å². The van der Waals surface area contributed by atoms with Crippen molar-refractivity contribution in [1.82, 2.24) is 0 Å². The highest BCUT2D eigenvalue weighted by Gasteiger charge is 2.25. The standard InChI is InChI=1S/C14H14N2O11S3/c15-12(17)1-2-13(18)16-10-5-8(28(19,20)21)3-7-4-9(29(22,23)24)6-11(14(7)10)30(25,26)27/h3-6H,1-2H2,(H2,15,17)(H,16,18)(H,19,20,21)(H,22,23,24)(H,25,26,27). The van der Waals surface area contributed by atoms with Crippen LogP contribution in [0.5, 0.6) is 0 Å². The summed E-state index contributed by atoms with van der Waals surface area (Å²) in [5, 5.41) is 1.10. The van der Waals surface area contributed by atoms with Gasteiger partial charge >= 0.3 is 0 Å². The third kappa shape index (κ3) is 5.49. The Balaban J connectivity index is 2.92. The molecule has 0 aliphatic carbocycles. The second kappa shape index (κ2) is 7.89. The second-order valence-corrected chi connectivity index (χ2v) is 10.2. The first-order chi connectivity index (χ1) is 13.5. The molecule has 0 atom stereocenters. The monoisotopic (exact) mass is 482 g/mol. The minimum atomic E-state index is -5.16. The summed E-state index contributed by atoms with van der Waals surface area (Å²) in [7, 11) is -15.1. The molecule has 0 aromatic heterocycles. The Hall–Kier alpha value is -2.63. The van der Waals surface area contributed by atoms with Crippen LogP contribution in [0.4, 0.5) is 5.69 Å². The van der Waals surface area contributed by atoms with Crippen LogP contribution in [0.25, 0.3) is 10.8 Å². The Kier molecular flexibility index (Phi) is 6.22. The fraction of sp³-hybridized carbons (Fsp3) is 0.143. The molecule has 2 rings (SSSR count). The summed E-state index contributed by atoms with van der Waals surface area (Å²) < 4.78 is 97.6. The van der Waals surface area contributed by atoms with Crippen molar-refractivity contribution >= 4 is 58.6 Å². The van der Waals surface area contributed by atoms with E-state index in [9.17, 15) is 48.5 Å². The number of hydrogen-bond acceptors (Lipinski definition) is 8. The van der Waals surface area contributed by atoms with Gasteiger partial charge in [-0.3, -0.25) is 23.2 Å². The maximum atomic E-state index is 12.0. The fourth-order valence-electron chi connectivity index (χ4n) is 2.47. The Morgan fingerprint density at radius 3 is 1.73 bits per heavy atom. The van der Waals surface area contributed by atoms with Crippen LogP contribution in [0.15, 0.2) is 39.0 Å². The number of nitrogens with two attached hydrogens (primary N) is 1. The lowest BCUT2D eigenvalue weighted by molar-refractivity contribution is -0.122. The molecule has 2 amide bonds. The highest BCUT2D eigenvalue weighted by atomic mass is 32.2. The zero-order chi connectivity index (χ0) is 23.1. The van der Waals surface area contributed by atoms with Crippen molar-refractivity contribution < 1.29 is 48.5 Å². The maximum absolute atomic E-state index is 12.0. The van der Waals surface area contributed by atoms with Gasteiger partial charge in [-0.15, -0.1) is 0 Å². The Bertz CT molecular complexity index is 1370. The van der Waals surface area contributed by atoms with Gasteiger partial charge in [-0.2, -0.15) is 25.3 Å². The lowest BCUT2D eigenvalue weighted by Crippen LogP contribution is -2.18. The molecule has 0 heterocycles. The van der Waals surface area contributed by atoms with Crippen LogP contribution >= 0.6 is 0 Å². The van der Waals surface area contributed by atoms with Gasteiger partial charge in [0.15, 0.2) is 0 Å². The van der Waals surface area contributed by atoms with Crippen molar-refractivity contribution in [2.45, 2.75) is 27.5 Å². The van der Waals surface area contributed by atoms with E-state index < -0.39 is 86.2 Å². The molecule has 0 bridgehead atoms. The number of carbonyl (C=O) groups is 2. The van der Waals surface area contributed by atoms with Crippen molar-refractivity contribution in [3.8, 4) is 0 Å². The molecule has 30 heavy (non-hydrogen) atoms. The number of benzene rings is 2. The van der Waals surface area contributed by atoms with E-state index in [0.29, 0.717) is 24.3 Å². The molecule has 13 nitrogen and oxygen atoms in total. The van der Waals surface area contributed by atoms with Gasteiger partial charge < -0.3 is 11.1 Å². The summed E-state index contributed by atoms with van der Waals surface area (Å²) in [5.74, 6) is -1.75. The van der Waals surface area contributed by atoms with Gasteiger partial charge in [0.1, 0.15) is 4.90 Å². The number of primary amides is 1. The molecule has 164 valence electrons. The zero-order valence-corrected chi connectivity index (χ0v) is 17.1. The molecule has 0 unspecified atom stereocenters. The first-order valence-electron chi connectivity index (χ1n) is 7.62. The molecular formula is C14H14N2O11S3. The summed E-state index contributed by atoms with van der Waals surface area (Å²) >= 11 is 0. The molecule has 0 spiro atoms. The van der Waals surface area contributed by atoms with E-state index in [2.05, 4.69) is 5.32 Å². The zero-order valence-electron chi connectivity index (χ0n) is 14.6. The topological polar surface area (TPSA) is 235 Å². The van der Waals surface area contributed by atoms with E-state index in [1.165, 1.54) is 0 Å². The van der Waals surface area contributed by atoms with E-state index in [1.54, 1.807) is 0 Å². The number of hydrogen-bond donors (Lipinski definition) is 5. The average Bonchev–Trinajstić information content (AvgIpc) is 2.56. The lowest BCUT2D eigenvalue weighted by atomic mass is 10.1. The minimum Gasteiger partial charge on any atom is -0.370 e. The van der Waals surface area contributed by atoms with Crippen LogP contribution in [-0.4, -0.2) is 50.7 Å². The highest BCUT2D eigenvalue weighted by Crippen LogP contribution is 2.35. The van der Waals surface area contributed by atoms with Gasteiger partial charge in [0, 0.05) is 18.2 Å². The molecule has 0 fully saturated rings. The van der Waals surface area contributed by atoms with E-state index in [1.807, 2.05) is 0 Å². The normalized spacial score (nSPS) is 12.6. The number of amides is 2. The van der Waals surface area contributed by atoms with E-state index in [0.717, 1.165) is 0 Å². The Morgan fingerprint density at radius 2 is 1.30 bits per heavy atom. The molecule has 0 saturated heterocycles. The van der Waals surface area contributed by atoms with Gasteiger partial charge in [-0.25, -0.2) is 0 Å². The van der Waals surface area contributed by atoms with Gasteiger partial charge in [0.2, 0.25) is 11.8 Å². The minimum absolute atomic E-state index is 0.388. The molecule has 0 aliphatic rings. The number of nitrogens with one attached hydrogen (secondary N) is 1. The number of anilines is 1. The molecule has 2 aromatic carbocycles. The van der Waals surface area contributed by atoms with Crippen molar-refractivity contribution in [2.24, 2.45) is 5.73 Å². The molecule has 0 radical (unpaired) electrons. The average molecular weight is 482 g/mol. The number of rotatable bonds is 7. The summed E-state index contributed by atoms with van der Waals surface area (Å²) in [6.07, 6.45) is -0.878. The molecular weight excluding hydrogens is 468 g/mol. The smallest absolute Gasteiger partial charge is 0.295 e. The van der Waals surface area contributed by atoms with Gasteiger partial charge in [-0.1, -0.05) is 0 Å². The number of fused-ring (bicyclic) bond motifs is 1. The van der Waals surface area contributed by atoms with Gasteiger partial charge in [0.05, 0.1) is 15.5 Å². The summed E-state index contributed by atoms with van der Waals surface area (Å²) in [5.41, 5.74) is 4.37. The quantitative estimate of drug-likeness (QED) is 0.323. The summed E-state index contributed by atoms with van der Waals surface area (Å²) in [6, 6.07) is 2.36. The predicted molar refractivity (Wildman–Crippen MR) is 100 cm³/mol. The molecule has 0 saturated carbocycles. The SMILES string of the molecule is NC(=O)CCC(=O)Nc1cc(S(=O)(=O)O)cc2cc(S(=O)(=O)O)cc(S(=O)(=O)O)c12. The first-order valence-corrected chi connectivity index (χ1v) is 11.9. The van der Waals surface area contributed by atoms with E-state index in [4.69, 9.17) is 5.73 Å². The Morgan fingerprint density at radius 1 is 0.800 bits per heavy atom. The molecule has 2 aromatic rings. The second-order valence-electron chi connectivity index (χ2n) is 5.93. The third-order valence-electron chi connectivity index (χ3n) is 3.71. The van der Waals surface area contributed by atoms with Crippen LogP contribution in [0.2, 0.25) is 0 Å². The van der Waals surface area contributed by atoms with Crippen molar-refractivity contribution in [1.29, 1.82) is 0 Å². The highest BCUT2D eigenvalue weighted by molar-refractivity contribution is 7.87.